The Morgan fingerprint density at radius 3 is 2.57 bits per heavy atom. The zero-order valence-electron chi connectivity index (χ0n) is 15.5. The molecule has 1 aromatic carbocycles. The average Bonchev–Trinajstić information content (AvgIpc) is 3.18. The van der Waals surface area contributed by atoms with E-state index in [9.17, 15) is 4.79 Å². The molecule has 1 aliphatic heterocycles. The highest BCUT2D eigenvalue weighted by molar-refractivity contribution is 5.86. The van der Waals surface area contributed by atoms with Crippen molar-refractivity contribution in [2.75, 3.05) is 13.2 Å². The first-order valence-electron chi connectivity index (χ1n) is 9.35. The van der Waals surface area contributed by atoms with E-state index in [-0.39, 0.29) is 5.91 Å². The molecule has 0 atom stereocenters. The van der Waals surface area contributed by atoms with Crippen molar-refractivity contribution >= 4 is 5.91 Å². The molecule has 0 saturated carbocycles. The molecule has 3 aromatic rings. The van der Waals surface area contributed by atoms with Gasteiger partial charge in [0, 0.05) is 49.5 Å². The molecule has 28 heavy (non-hydrogen) atoms. The Morgan fingerprint density at radius 1 is 1.14 bits per heavy atom. The lowest BCUT2D eigenvalue weighted by atomic mass is 9.90. The second-order valence-corrected chi connectivity index (χ2v) is 6.97. The predicted molar refractivity (Wildman–Crippen MR) is 106 cm³/mol. The molecule has 1 saturated heterocycles. The van der Waals surface area contributed by atoms with Gasteiger partial charge >= 0.3 is 0 Å². The van der Waals surface area contributed by atoms with Gasteiger partial charge in [-0.15, -0.1) is 0 Å². The molecule has 1 aliphatic rings. The van der Waals surface area contributed by atoms with Crippen LogP contribution in [0.3, 0.4) is 0 Å². The highest BCUT2D eigenvalue weighted by Gasteiger charge is 2.35. The Morgan fingerprint density at radius 2 is 1.86 bits per heavy atom. The van der Waals surface area contributed by atoms with Gasteiger partial charge in [-0.2, -0.15) is 5.10 Å². The summed E-state index contributed by atoms with van der Waals surface area (Å²) in [5.41, 5.74) is 9.05. The third-order valence-corrected chi connectivity index (χ3v) is 5.04. The fourth-order valence-corrected chi connectivity index (χ4v) is 3.32. The molecular weight excluding hydrogens is 354 g/mol. The van der Waals surface area contributed by atoms with Gasteiger partial charge in [-0.1, -0.05) is 18.2 Å². The van der Waals surface area contributed by atoms with E-state index < -0.39 is 5.54 Å². The van der Waals surface area contributed by atoms with Crippen LogP contribution in [0.15, 0.2) is 61.1 Å². The summed E-state index contributed by atoms with van der Waals surface area (Å²) in [4.78, 5) is 16.8. The lowest BCUT2D eigenvalue weighted by Gasteiger charge is -2.31. The molecule has 0 spiro atoms. The first-order chi connectivity index (χ1) is 13.7. The van der Waals surface area contributed by atoms with Crippen molar-refractivity contribution in [1.82, 2.24) is 20.1 Å². The molecule has 0 radical (unpaired) electrons. The standard InChI is InChI=1S/C21H23N5O2/c22-21(8-12-28-13-9-21)20(27)24-14-17-15-26(18-4-2-1-3-5-18)25-19(17)16-6-10-23-11-7-16/h1-7,10-11,15H,8-9,12-14,22H2,(H,24,27). The van der Waals surface area contributed by atoms with E-state index in [0.717, 1.165) is 22.5 Å². The summed E-state index contributed by atoms with van der Waals surface area (Å²) in [6.07, 6.45) is 6.46. The number of rotatable bonds is 5. The fraction of sp³-hybridized carbons (Fsp3) is 0.286. The van der Waals surface area contributed by atoms with Crippen LogP contribution in [0.4, 0.5) is 0 Å². The smallest absolute Gasteiger partial charge is 0.240 e. The van der Waals surface area contributed by atoms with Crippen LogP contribution in [0.1, 0.15) is 18.4 Å². The van der Waals surface area contributed by atoms with Crippen molar-refractivity contribution in [3.8, 4) is 16.9 Å². The number of hydrogen-bond donors (Lipinski definition) is 2. The Hall–Kier alpha value is -3.03. The lowest BCUT2D eigenvalue weighted by Crippen LogP contribution is -2.56. The van der Waals surface area contributed by atoms with Crippen molar-refractivity contribution < 1.29 is 9.53 Å². The first kappa shape index (κ1) is 18.3. The van der Waals surface area contributed by atoms with Gasteiger partial charge in [-0.3, -0.25) is 9.78 Å². The lowest BCUT2D eigenvalue weighted by molar-refractivity contribution is -0.129. The quantitative estimate of drug-likeness (QED) is 0.710. The highest BCUT2D eigenvalue weighted by Crippen LogP contribution is 2.24. The number of ether oxygens (including phenoxy) is 1. The van der Waals surface area contributed by atoms with E-state index >= 15 is 0 Å². The van der Waals surface area contributed by atoms with E-state index in [0.29, 0.717) is 32.6 Å². The molecule has 144 valence electrons. The van der Waals surface area contributed by atoms with Gasteiger partial charge in [0.05, 0.1) is 16.9 Å². The Balaban J connectivity index is 1.60. The summed E-state index contributed by atoms with van der Waals surface area (Å²) in [6, 6.07) is 13.7. The van der Waals surface area contributed by atoms with Crippen LogP contribution in [0.25, 0.3) is 16.9 Å². The van der Waals surface area contributed by atoms with Crippen LogP contribution < -0.4 is 11.1 Å². The maximum Gasteiger partial charge on any atom is 0.240 e. The van der Waals surface area contributed by atoms with Gasteiger partial charge in [0.15, 0.2) is 0 Å². The monoisotopic (exact) mass is 377 g/mol. The van der Waals surface area contributed by atoms with Crippen molar-refractivity contribution in [3.05, 3.63) is 66.6 Å². The number of amides is 1. The van der Waals surface area contributed by atoms with Crippen molar-refractivity contribution in [3.63, 3.8) is 0 Å². The Bertz CT molecular complexity index is 934. The fourth-order valence-electron chi connectivity index (χ4n) is 3.32. The number of nitrogens with zero attached hydrogens (tertiary/aromatic N) is 3. The van der Waals surface area contributed by atoms with Crippen LogP contribution >= 0.6 is 0 Å². The van der Waals surface area contributed by atoms with E-state index in [1.165, 1.54) is 0 Å². The minimum atomic E-state index is -0.871. The summed E-state index contributed by atoms with van der Waals surface area (Å²) < 4.78 is 7.15. The van der Waals surface area contributed by atoms with Crippen molar-refractivity contribution in [1.29, 1.82) is 0 Å². The molecule has 3 heterocycles. The maximum absolute atomic E-state index is 12.7. The molecule has 1 fully saturated rings. The third-order valence-electron chi connectivity index (χ3n) is 5.04. The van der Waals surface area contributed by atoms with Crippen LogP contribution in [0, 0.1) is 0 Å². The van der Waals surface area contributed by atoms with E-state index in [4.69, 9.17) is 15.6 Å². The second-order valence-electron chi connectivity index (χ2n) is 6.97. The van der Waals surface area contributed by atoms with E-state index in [1.807, 2.05) is 53.3 Å². The topological polar surface area (TPSA) is 95.1 Å². The van der Waals surface area contributed by atoms with Gasteiger partial charge in [0.1, 0.15) is 0 Å². The predicted octanol–water partition coefficient (Wildman–Crippen LogP) is 2.06. The molecule has 0 unspecified atom stereocenters. The van der Waals surface area contributed by atoms with Gasteiger partial charge in [0.25, 0.3) is 0 Å². The number of aromatic nitrogens is 3. The molecule has 0 aliphatic carbocycles. The molecule has 1 amide bonds. The number of nitrogens with one attached hydrogen (secondary N) is 1. The Kier molecular flexibility index (Phi) is 5.18. The summed E-state index contributed by atoms with van der Waals surface area (Å²) in [5, 5.41) is 7.74. The summed E-state index contributed by atoms with van der Waals surface area (Å²) in [7, 11) is 0. The summed E-state index contributed by atoms with van der Waals surface area (Å²) in [5.74, 6) is -0.149. The Labute approximate surface area is 163 Å². The van der Waals surface area contributed by atoms with Crippen molar-refractivity contribution in [2.24, 2.45) is 5.73 Å². The van der Waals surface area contributed by atoms with E-state index in [2.05, 4.69) is 10.3 Å². The van der Waals surface area contributed by atoms with Gasteiger partial charge in [0.2, 0.25) is 5.91 Å². The third kappa shape index (κ3) is 3.81. The number of para-hydroxylation sites is 1. The molecule has 3 N–H and O–H groups in total. The van der Waals surface area contributed by atoms with Gasteiger partial charge < -0.3 is 15.8 Å². The summed E-state index contributed by atoms with van der Waals surface area (Å²) in [6.45, 7) is 1.37. The van der Waals surface area contributed by atoms with Crippen LogP contribution in [0.5, 0.6) is 0 Å². The zero-order valence-corrected chi connectivity index (χ0v) is 15.5. The highest BCUT2D eigenvalue weighted by atomic mass is 16.5. The van der Waals surface area contributed by atoms with Gasteiger partial charge in [-0.05, 0) is 37.1 Å². The SMILES string of the molecule is NC1(C(=O)NCc2cn(-c3ccccc3)nc2-c2ccncc2)CCOCC1. The van der Waals surface area contributed by atoms with Crippen LogP contribution in [-0.2, 0) is 16.1 Å². The number of nitrogens with two attached hydrogens (primary N) is 1. The summed E-state index contributed by atoms with van der Waals surface area (Å²) >= 11 is 0. The number of hydrogen-bond acceptors (Lipinski definition) is 5. The molecular formula is C21H23N5O2. The minimum absolute atomic E-state index is 0.149. The normalized spacial score (nSPS) is 15.9. The average molecular weight is 377 g/mol. The van der Waals surface area contributed by atoms with Crippen LogP contribution in [0.2, 0.25) is 0 Å². The van der Waals surface area contributed by atoms with Crippen molar-refractivity contribution in [2.45, 2.75) is 24.9 Å². The zero-order chi connectivity index (χ0) is 19.4. The molecule has 2 aromatic heterocycles. The van der Waals surface area contributed by atoms with Crippen LogP contribution in [-0.4, -0.2) is 39.4 Å². The van der Waals surface area contributed by atoms with Gasteiger partial charge in [-0.25, -0.2) is 4.68 Å². The molecule has 7 nitrogen and oxygen atoms in total. The number of pyridine rings is 1. The number of benzene rings is 1. The number of carbonyl (C=O) groups excluding carboxylic acids is 1. The first-order valence-corrected chi connectivity index (χ1v) is 9.35. The second kappa shape index (κ2) is 7.92. The molecule has 7 heteroatoms. The number of carbonyl (C=O) groups is 1. The maximum atomic E-state index is 12.7. The largest absolute Gasteiger partial charge is 0.381 e. The molecule has 4 rings (SSSR count). The van der Waals surface area contributed by atoms with E-state index in [1.54, 1.807) is 12.4 Å². The minimum Gasteiger partial charge on any atom is -0.381 e. The molecule has 0 bridgehead atoms.